The maximum atomic E-state index is 10.4. The molecule has 1 saturated heterocycles. The van der Waals surface area contributed by atoms with Gasteiger partial charge in [0.05, 0.1) is 19.4 Å². The van der Waals surface area contributed by atoms with E-state index in [4.69, 9.17) is 4.74 Å². The highest BCUT2D eigenvalue weighted by molar-refractivity contribution is 6.02. The second kappa shape index (κ2) is 10.1. The predicted octanol–water partition coefficient (Wildman–Crippen LogP) is 3.63. The fraction of sp³-hybridized carbons (Fsp3) is 0.200. The van der Waals surface area contributed by atoms with Gasteiger partial charge in [-0.2, -0.15) is 20.1 Å². The summed E-state index contributed by atoms with van der Waals surface area (Å²) in [5, 5.41) is 19.9. The Morgan fingerprint density at radius 2 is 1.68 bits per heavy atom. The van der Waals surface area contributed by atoms with Crippen LogP contribution in [0.5, 0.6) is 5.75 Å². The van der Waals surface area contributed by atoms with Crippen molar-refractivity contribution in [3.05, 3.63) is 77.9 Å². The van der Waals surface area contributed by atoms with Crippen LogP contribution in [0.4, 0.5) is 17.8 Å². The molecule has 0 saturated carbocycles. The van der Waals surface area contributed by atoms with Crippen LogP contribution in [0.1, 0.15) is 11.1 Å². The van der Waals surface area contributed by atoms with Crippen molar-refractivity contribution in [2.45, 2.75) is 6.54 Å². The quantitative estimate of drug-likeness (QED) is 0.286. The van der Waals surface area contributed by atoms with Crippen LogP contribution in [0, 0.1) is 0 Å². The number of hydrogen-bond acceptors (Lipinski definition) is 9. The molecule has 34 heavy (non-hydrogen) atoms. The zero-order valence-corrected chi connectivity index (χ0v) is 18.6. The molecular weight excluding hydrogens is 430 g/mol. The van der Waals surface area contributed by atoms with Gasteiger partial charge in [-0.3, -0.25) is 0 Å². The van der Waals surface area contributed by atoms with Crippen molar-refractivity contribution in [3.63, 3.8) is 0 Å². The number of aromatic nitrogens is 3. The number of nitrogens with zero attached hydrogens (tertiary/aromatic N) is 5. The van der Waals surface area contributed by atoms with Crippen molar-refractivity contribution in [1.29, 1.82) is 0 Å². The van der Waals surface area contributed by atoms with Crippen LogP contribution in [-0.2, 0) is 11.3 Å². The van der Waals surface area contributed by atoms with Gasteiger partial charge in [0.1, 0.15) is 5.75 Å². The lowest BCUT2D eigenvalue weighted by atomic mass is 10.0. The number of nitrogens with one attached hydrogen (secondary N) is 2. The second-order valence-electron chi connectivity index (χ2n) is 7.81. The number of hydrogen-bond donors (Lipinski definition) is 3. The van der Waals surface area contributed by atoms with Gasteiger partial charge < -0.3 is 20.1 Å². The zero-order valence-electron chi connectivity index (χ0n) is 18.6. The Bertz CT molecular complexity index is 1290. The van der Waals surface area contributed by atoms with E-state index in [1.807, 2.05) is 60.7 Å². The molecule has 0 bridgehead atoms. The van der Waals surface area contributed by atoms with Crippen LogP contribution in [0.25, 0.3) is 10.8 Å². The van der Waals surface area contributed by atoms with Gasteiger partial charge in [-0.1, -0.05) is 60.7 Å². The smallest absolute Gasteiger partial charge is 0.250 e. The number of ether oxygens (including phenoxy) is 1. The molecule has 1 fully saturated rings. The van der Waals surface area contributed by atoms with Gasteiger partial charge in [0.2, 0.25) is 17.8 Å². The minimum Gasteiger partial charge on any atom is -0.507 e. The Balaban J connectivity index is 1.39. The van der Waals surface area contributed by atoms with Crippen LogP contribution in [0.15, 0.2) is 71.8 Å². The first-order valence-electron chi connectivity index (χ1n) is 11.1. The number of phenolic OH excluding ortho intramolecular Hbond substituents is 1. The topological polar surface area (TPSA) is 108 Å². The van der Waals surface area contributed by atoms with E-state index < -0.39 is 0 Å². The van der Waals surface area contributed by atoms with E-state index in [0.717, 1.165) is 16.3 Å². The first-order chi connectivity index (χ1) is 16.8. The highest BCUT2D eigenvalue weighted by atomic mass is 16.5. The summed E-state index contributed by atoms with van der Waals surface area (Å²) in [6.45, 7) is 3.24. The maximum Gasteiger partial charge on any atom is 0.250 e. The first-order valence-corrected chi connectivity index (χ1v) is 11.1. The van der Waals surface area contributed by atoms with Crippen molar-refractivity contribution >= 4 is 34.8 Å². The minimum atomic E-state index is 0.152. The van der Waals surface area contributed by atoms with Crippen molar-refractivity contribution in [1.82, 2.24) is 15.0 Å². The Labute approximate surface area is 197 Å². The molecule has 9 heteroatoms. The summed E-state index contributed by atoms with van der Waals surface area (Å²) in [6.07, 6.45) is 1.58. The highest BCUT2D eigenvalue weighted by Crippen LogP contribution is 2.25. The number of fused-ring (bicyclic) bond motifs is 1. The van der Waals surface area contributed by atoms with E-state index in [-0.39, 0.29) is 5.75 Å². The number of phenols is 1. The third-order valence-electron chi connectivity index (χ3n) is 5.52. The summed E-state index contributed by atoms with van der Waals surface area (Å²) in [5.41, 5.74) is 4.64. The summed E-state index contributed by atoms with van der Waals surface area (Å²) >= 11 is 0. The Morgan fingerprint density at radius 3 is 2.53 bits per heavy atom. The number of aromatic hydroxyl groups is 1. The van der Waals surface area contributed by atoms with Crippen LogP contribution in [-0.4, -0.2) is 52.6 Å². The maximum absolute atomic E-state index is 10.4. The molecular formula is C25H25N7O2. The molecule has 0 aliphatic carbocycles. The average molecular weight is 456 g/mol. The Morgan fingerprint density at radius 1 is 0.912 bits per heavy atom. The molecule has 1 aliphatic heterocycles. The summed E-state index contributed by atoms with van der Waals surface area (Å²) in [4.78, 5) is 15.7. The molecule has 0 radical (unpaired) electrons. The molecule has 0 amide bonds. The Kier molecular flexibility index (Phi) is 6.44. The van der Waals surface area contributed by atoms with Gasteiger partial charge in [-0.25, -0.2) is 5.43 Å². The molecule has 0 atom stereocenters. The van der Waals surface area contributed by atoms with Crippen molar-refractivity contribution in [2.75, 3.05) is 41.9 Å². The van der Waals surface area contributed by atoms with E-state index in [9.17, 15) is 5.11 Å². The average Bonchev–Trinajstić information content (AvgIpc) is 2.90. The van der Waals surface area contributed by atoms with Crippen molar-refractivity contribution < 1.29 is 9.84 Å². The Hall–Kier alpha value is -4.24. The summed E-state index contributed by atoms with van der Waals surface area (Å²) in [5.74, 6) is 1.47. The standard InChI is InChI=1S/C25H25N7O2/c33-22-11-10-19-8-4-5-9-20(19)21(22)17-27-31-24-28-23(26-16-18-6-2-1-3-7-18)29-25(30-24)32-12-14-34-15-13-32/h1-11,17,33H,12-16H2,(H2,26,28,29,30,31)/b27-17+. The first kappa shape index (κ1) is 21.6. The largest absolute Gasteiger partial charge is 0.507 e. The van der Waals surface area contributed by atoms with Crippen LogP contribution >= 0.6 is 0 Å². The SMILES string of the molecule is Oc1ccc2ccccc2c1/C=N/Nc1nc(NCc2ccccc2)nc(N2CCOCC2)n1. The molecule has 5 rings (SSSR count). The van der Waals surface area contributed by atoms with Crippen molar-refractivity contribution in [3.8, 4) is 5.75 Å². The third kappa shape index (κ3) is 5.05. The molecule has 0 spiro atoms. The zero-order chi connectivity index (χ0) is 23.2. The molecule has 0 unspecified atom stereocenters. The lowest BCUT2D eigenvalue weighted by Crippen LogP contribution is -2.37. The van der Waals surface area contributed by atoms with Gasteiger partial charge in [-0.05, 0) is 22.4 Å². The van der Waals surface area contributed by atoms with Crippen LogP contribution in [0.2, 0.25) is 0 Å². The van der Waals surface area contributed by atoms with Crippen molar-refractivity contribution in [2.24, 2.45) is 5.10 Å². The molecule has 172 valence electrons. The van der Waals surface area contributed by atoms with Gasteiger partial charge >= 0.3 is 0 Å². The highest BCUT2D eigenvalue weighted by Gasteiger charge is 2.16. The summed E-state index contributed by atoms with van der Waals surface area (Å²) in [7, 11) is 0. The molecule has 2 heterocycles. The van der Waals surface area contributed by atoms with Crippen LogP contribution < -0.4 is 15.6 Å². The van der Waals surface area contributed by atoms with Crippen LogP contribution in [0.3, 0.4) is 0 Å². The molecule has 9 nitrogen and oxygen atoms in total. The number of hydrazone groups is 1. The van der Waals surface area contributed by atoms with Gasteiger partial charge in [0, 0.05) is 25.2 Å². The number of anilines is 3. The fourth-order valence-corrected chi connectivity index (χ4v) is 3.75. The van der Waals surface area contributed by atoms with E-state index in [0.29, 0.717) is 56.3 Å². The number of morpholine rings is 1. The minimum absolute atomic E-state index is 0.152. The molecule has 3 N–H and O–H groups in total. The summed E-state index contributed by atoms with van der Waals surface area (Å²) < 4.78 is 5.46. The number of rotatable bonds is 7. The third-order valence-corrected chi connectivity index (χ3v) is 5.52. The predicted molar refractivity (Wildman–Crippen MR) is 133 cm³/mol. The normalized spacial score (nSPS) is 13.9. The number of benzene rings is 3. The summed E-state index contributed by atoms with van der Waals surface area (Å²) in [6, 6.07) is 21.4. The lowest BCUT2D eigenvalue weighted by Gasteiger charge is -2.27. The van der Waals surface area contributed by atoms with Gasteiger partial charge in [-0.15, -0.1) is 0 Å². The molecule has 1 aromatic heterocycles. The molecule has 1 aliphatic rings. The second-order valence-corrected chi connectivity index (χ2v) is 7.81. The molecule has 3 aromatic carbocycles. The van der Waals surface area contributed by atoms with E-state index in [2.05, 4.69) is 35.7 Å². The lowest BCUT2D eigenvalue weighted by molar-refractivity contribution is 0.122. The van der Waals surface area contributed by atoms with E-state index in [1.165, 1.54) is 0 Å². The van der Waals surface area contributed by atoms with E-state index in [1.54, 1.807) is 12.3 Å². The van der Waals surface area contributed by atoms with E-state index >= 15 is 0 Å². The monoisotopic (exact) mass is 455 g/mol. The van der Waals surface area contributed by atoms with Gasteiger partial charge in [0.25, 0.3) is 0 Å². The van der Waals surface area contributed by atoms with Gasteiger partial charge in [0.15, 0.2) is 0 Å². The molecule has 4 aromatic rings. The fourth-order valence-electron chi connectivity index (χ4n) is 3.75.